The van der Waals surface area contributed by atoms with Crippen molar-refractivity contribution < 1.29 is 0 Å². The van der Waals surface area contributed by atoms with E-state index in [9.17, 15) is 0 Å². The summed E-state index contributed by atoms with van der Waals surface area (Å²) in [6.07, 6.45) is 4.71. The van der Waals surface area contributed by atoms with Crippen LogP contribution in [0.25, 0.3) is 0 Å². The molecule has 6 heteroatoms. The molecule has 0 spiro atoms. The molecule has 0 aromatic carbocycles. The third kappa shape index (κ3) is 2.11. The normalized spacial score (nSPS) is 23.9. The number of aryl methyl sites for hydroxylation is 2. The molecule has 108 valence electrons. The molecule has 5 rings (SSSR count). The van der Waals surface area contributed by atoms with Gasteiger partial charge in [-0.1, -0.05) is 0 Å². The molecule has 0 saturated carbocycles. The first-order valence-corrected chi connectivity index (χ1v) is 7.32. The van der Waals surface area contributed by atoms with Crippen molar-refractivity contribution in [3.63, 3.8) is 0 Å². The Bertz CT molecular complexity index is 661. The van der Waals surface area contributed by atoms with E-state index in [1.54, 1.807) is 6.33 Å². The molecule has 2 atom stereocenters. The molecule has 2 aromatic rings. The number of piperidine rings is 1. The van der Waals surface area contributed by atoms with Gasteiger partial charge in [0, 0.05) is 36.7 Å². The first-order chi connectivity index (χ1) is 10.2. The van der Waals surface area contributed by atoms with Crippen LogP contribution in [0.1, 0.15) is 17.8 Å². The van der Waals surface area contributed by atoms with Crippen LogP contribution in [0.15, 0.2) is 24.7 Å². The highest BCUT2D eigenvalue weighted by Crippen LogP contribution is 2.36. The van der Waals surface area contributed by atoms with Gasteiger partial charge in [-0.3, -0.25) is 0 Å². The van der Waals surface area contributed by atoms with E-state index in [-0.39, 0.29) is 0 Å². The van der Waals surface area contributed by atoms with E-state index >= 15 is 0 Å². The van der Waals surface area contributed by atoms with Crippen LogP contribution in [0, 0.1) is 13.8 Å². The Balaban J connectivity index is 1.54. The smallest absolute Gasteiger partial charge is 0.226 e. The maximum Gasteiger partial charge on any atom is 0.226 e. The van der Waals surface area contributed by atoms with Crippen molar-refractivity contribution in [3.05, 3.63) is 36.0 Å². The van der Waals surface area contributed by atoms with Gasteiger partial charge in [-0.2, -0.15) is 0 Å². The van der Waals surface area contributed by atoms with Gasteiger partial charge >= 0.3 is 0 Å². The lowest BCUT2D eigenvalue weighted by Crippen LogP contribution is -2.69. The minimum absolute atomic E-state index is 0.487. The molecule has 3 fully saturated rings. The predicted octanol–water partition coefficient (Wildman–Crippen LogP) is 1.35. The molecule has 0 radical (unpaired) electrons. The summed E-state index contributed by atoms with van der Waals surface area (Å²) in [6.45, 7) is 5.97. The van der Waals surface area contributed by atoms with Crippen LogP contribution >= 0.6 is 0 Å². The van der Waals surface area contributed by atoms with Crippen molar-refractivity contribution in [1.82, 2.24) is 19.9 Å². The van der Waals surface area contributed by atoms with Crippen LogP contribution in [0.5, 0.6) is 0 Å². The van der Waals surface area contributed by atoms with E-state index in [4.69, 9.17) is 0 Å². The van der Waals surface area contributed by atoms with Crippen molar-refractivity contribution in [2.24, 2.45) is 0 Å². The molecule has 3 aliphatic heterocycles. The molecule has 2 unspecified atom stereocenters. The molecular weight excluding hydrogens is 264 g/mol. The van der Waals surface area contributed by atoms with E-state index < -0.39 is 0 Å². The molecule has 21 heavy (non-hydrogen) atoms. The lowest BCUT2D eigenvalue weighted by atomic mass is 9.88. The summed E-state index contributed by atoms with van der Waals surface area (Å²) in [4.78, 5) is 22.3. The van der Waals surface area contributed by atoms with E-state index in [1.807, 2.05) is 26.1 Å². The van der Waals surface area contributed by atoms with Crippen LogP contribution in [0.4, 0.5) is 11.8 Å². The van der Waals surface area contributed by atoms with Gasteiger partial charge in [0.1, 0.15) is 12.1 Å². The number of rotatable bonds is 2. The Labute approximate surface area is 123 Å². The molecule has 0 aliphatic carbocycles. The summed E-state index contributed by atoms with van der Waals surface area (Å²) < 4.78 is 0. The minimum Gasteiger partial charge on any atom is -0.352 e. The van der Waals surface area contributed by atoms with Crippen molar-refractivity contribution in [3.8, 4) is 0 Å². The Morgan fingerprint density at radius 1 is 1.05 bits per heavy atom. The second kappa shape index (κ2) is 4.65. The SMILES string of the molecule is Cc1cc(N2CC3CC(C2)N3c2nccc(C)n2)ncn1. The van der Waals surface area contributed by atoms with Gasteiger partial charge in [0.2, 0.25) is 5.95 Å². The highest BCUT2D eigenvalue weighted by molar-refractivity contribution is 5.49. The van der Waals surface area contributed by atoms with E-state index in [0.717, 1.165) is 36.2 Å². The van der Waals surface area contributed by atoms with Gasteiger partial charge in [-0.15, -0.1) is 0 Å². The van der Waals surface area contributed by atoms with Gasteiger partial charge in [0.15, 0.2) is 0 Å². The number of nitrogens with zero attached hydrogens (tertiary/aromatic N) is 6. The number of aromatic nitrogens is 4. The molecule has 3 aliphatic rings. The Kier molecular flexibility index (Phi) is 2.77. The number of fused-ring (bicyclic) bond motifs is 2. The first-order valence-electron chi connectivity index (χ1n) is 7.32. The standard InChI is InChI=1S/C15H18N6/c1-10-3-4-16-15(19-10)21-12-6-13(21)8-20(7-12)14-5-11(2)17-9-18-14/h3-5,9,12-13H,6-8H2,1-2H3. The Morgan fingerprint density at radius 3 is 2.57 bits per heavy atom. The summed E-state index contributed by atoms with van der Waals surface area (Å²) in [5.41, 5.74) is 2.03. The van der Waals surface area contributed by atoms with Crippen molar-refractivity contribution >= 4 is 11.8 Å². The minimum atomic E-state index is 0.487. The van der Waals surface area contributed by atoms with Crippen LogP contribution in [0.2, 0.25) is 0 Å². The van der Waals surface area contributed by atoms with E-state index in [2.05, 4.69) is 35.8 Å². The van der Waals surface area contributed by atoms with Crippen LogP contribution in [-0.4, -0.2) is 45.1 Å². The summed E-state index contributed by atoms with van der Waals surface area (Å²) in [6, 6.07) is 4.97. The predicted molar refractivity (Wildman–Crippen MR) is 80.4 cm³/mol. The highest BCUT2D eigenvalue weighted by atomic mass is 15.4. The van der Waals surface area contributed by atoms with Crippen LogP contribution in [-0.2, 0) is 0 Å². The van der Waals surface area contributed by atoms with Gasteiger partial charge in [0.05, 0.1) is 12.1 Å². The molecule has 0 amide bonds. The van der Waals surface area contributed by atoms with E-state index in [0.29, 0.717) is 12.1 Å². The zero-order valence-electron chi connectivity index (χ0n) is 12.3. The fourth-order valence-corrected chi connectivity index (χ4v) is 3.30. The summed E-state index contributed by atoms with van der Waals surface area (Å²) >= 11 is 0. The third-order valence-corrected chi connectivity index (χ3v) is 4.32. The topological polar surface area (TPSA) is 58.0 Å². The van der Waals surface area contributed by atoms with Gasteiger partial charge in [-0.05, 0) is 26.3 Å². The molecule has 6 nitrogen and oxygen atoms in total. The summed E-state index contributed by atoms with van der Waals surface area (Å²) in [5, 5.41) is 0. The van der Waals surface area contributed by atoms with Crippen molar-refractivity contribution in [1.29, 1.82) is 0 Å². The van der Waals surface area contributed by atoms with Crippen molar-refractivity contribution in [2.45, 2.75) is 32.4 Å². The molecule has 0 N–H and O–H groups in total. The summed E-state index contributed by atoms with van der Waals surface area (Å²) in [7, 11) is 0. The average Bonchev–Trinajstić information content (AvgIpc) is 2.47. The Morgan fingerprint density at radius 2 is 1.86 bits per heavy atom. The lowest BCUT2D eigenvalue weighted by Gasteiger charge is -2.56. The average molecular weight is 282 g/mol. The fraction of sp³-hybridized carbons (Fsp3) is 0.467. The number of hydrogen-bond donors (Lipinski definition) is 0. The molecular formula is C15H18N6. The zero-order chi connectivity index (χ0) is 14.4. The van der Waals surface area contributed by atoms with Crippen molar-refractivity contribution in [2.75, 3.05) is 22.9 Å². The monoisotopic (exact) mass is 282 g/mol. The highest BCUT2D eigenvalue weighted by Gasteiger charge is 2.46. The number of anilines is 2. The van der Waals surface area contributed by atoms with Gasteiger partial charge in [0.25, 0.3) is 0 Å². The molecule has 2 bridgehead atoms. The Hall–Kier alpha value is -2.24. The summed E-state index contributed by atoms with van der Waals surface area (Å²) in [5.74, 6) is 1.90. The van der Waals surface area contributed by atoms with E-state index in [1.165, 1.54) is 6.42 Å². The quantitative estimate of drug-likeness (QED) is 0.829. The molecule has 3 saturated heterocycles. The largest absolute Gasteiger partial charge is 0.352 e. The second-order valence-electron chi connectivity index (χ2n) is 5.87. The fourth-order valence-electron chi connectivity index (χ4n) is 3.30. The second-order valence-corrected chi connectivity index (χ2v) is 5.87. The zero-order valence-corrected chi connectivity index (χ0v) is 12.3. The van der Waals surface area contributed by atoms with Gasteiger partial charge in [-0.25, -0.2) is 19.9 Å². The maximum atomic E-state index is 4.56. The van der Waals surface area contributed by atoms with Crippen LogP contribution < -0.4 is 9.80 Å². The van der Waals surface area contributed by atoms with Crippen LogP contribution in [0.3, 0.4) is 0 Å². The first kappa shape index (κ1) is 12.5. The van der Waals surface area contributed by atoms with Gasteiger partial charge < -0.3 is 9.80 Å². The third-order valence-electron chi connectivity index (χ3n) is 4.32. The molecule has 2 aromatic heterocycles. The lowest BCUT2D eigenvalue weighted by molar-refractivity contribution is 0.285. The number of hydrogen-bond acceptors (Lipinski definition) is 6. The number of piperazine rings is 1. The maximum absolute atomic E-state index is 4.56. The molecule has 5 heterocycles.